The van der Waals surface area contributed by atoms with Crippen molar-refractivity contribution < 1.29 is 4.79 Å². The molecule has 0 radical (unpaired) electrons. The number of carbonyl (C=O) groups excluding carboxylic acids is 1. The second-order valence-electron chi connectivity index (χ2n) is 5.14. The number of primary amides is 1. The Labute approximate surface area is 89.3 Å². The highest BCUT2D eigenvalue weighted by molar-refractivity contribution is 5.90. The fourth-order valence-electron chi connectivity index (χ4n) is 4.08. The van der Waals surface area contributed by atoms with Gasteiger partial charge in [0.05, 0.1) is 0 Å². The van der Waals surface area contributed by atoms with Gasteiger partial charge in [0.2, 0.25) is 0 Å². The fraction of sp³-hybridized carbons (Fsp3) is 0.818. The normalized spacial score (nSPS) is 44.7. The summed E-state index contributed by atoms with van der Waals surface area (Å²) < 4.78 is 0. The third-order valence-electron chi connectivity index (χ3n) is 4.52. The Kier molecular flexibility index (Phi) is 1.97. The van der Waals surface area contributed by atoms with E-state index in [-0.39, 0.29) is 0 Å². The summed E-state index contributed by atoms with van der Waals surface area (Å²) in [6.45, 7) is 0. The van der Waals surface area contributed by atoms with Crippen LogP contribution in [-0.4, -0.2) is 11.7 Å². The van der Waals surface area contributed by atoms with Crippen molar-refractivity contribution in [1.82, 2.24) is 5.43 Å². The Morgan fingerprint density at radius 2 is 2.00 bits per heavy atom. The molecule has 0 spiro atoms. The van der Waals surface area contributed by atoms with Crippen LogP contribution in [-0.2, 0) is 0 Å². The van der Waals surface area contributed by atoms with Crippen LogP contribution in [0.2, 0.25) is 0 Å². The molecule has 15 heavy (non-hydrogen) atoms. The van der Waals surface area contributed by atoms with Crippen molar-refractivity contribution in [3.05, 3.63) is 0 Å². The summed E-state index contributed by atoms with van der Waals surface area (Å²) in [5.41, 5.74) is 8.61. The molecule has 0 aromatic carbocycles. The monoisotopic (exact) mass is 207 g/mol. The number of hydrazone groups is 1. The Bertz CT molecular complexity index is 326. The van der Waals surface area contributed by atoms with E-state index < -0.39 is 6.03 Å². The molecule has 3 rings (SSSR count). The van der Waals surface area contributed by atoms with Crippen LogP contribution in [0.25, 0.3) is 0 Å². The summed E-state index contributed by atoms with van der Waals surface area (Å²) in [5, 5.41) is 4.18. The number of nitrogens with one attached hydrogen (secondary N) is 1. The summed E-state index contributed by atoms with van der Waals surface area (Å²) >= 11 is 0. The third kappa shape index (κ3) is 1.34. The van der Waals surface area contributed by atoms with E-state index in [2.05, 4.69) is 10.5 Å². The second kappa shape index (κ2) is 3.22. The number of hydrogen-bond donors (Lipinski definition) is 2. The molecule has 0 bridgehead atoms. The van der Waals surface area contributed by atoms with Crippen molar-refractivity contribution in [3.8, 4) is 0 Å². The number of rotatable bonds is 1. The molecule has 2 amide bonds. The lowest BCUT2D eigenvalue weighted by atomic mass is 9.92. The predicted molar refractivity (Wildman–Crippen MR) is 57.2 cm³/mol. The van der Waals surface area contributed by atoms with Crippen LogP contribution in [0.3, 0.4) is 0 Å². The highest BCUT2D eigenvalue weighted by Gasteiger charge is 2.51. The molecule has 3 aliphatic rings. The molecule has 0 aromatic heterocycles. The fourth-order valence-corrected chi connectivity index (χ4v) is 4.08. The number of nitrogens with two attached hydrogens (primary N) is 1. The SMILES string of the molecule is NC(=O)N/N=C1/C[C@H]2CC[C@H]3CC[C@@H]1[C@H]32. The van der Waals surface area contributed by atoms with Crippen LogP contribution in [0.5, 0.6) is 0 Å². The van der Waals surface area contributed by atoms with Gasteiger partial charge in [0.1, 0.15) is 0 Å². The highest BCUT2D eigenvalue weighted by atomic mass is 16.2. The van der Waals surface area contributed by atoms with E-state index in [1.165, 1.54) is 31.4 Å². The number of carbonyl (C=O) groups is 1. The van der Waals surface area contributed by atoms with Crippen molar-refractivity contribution in [1.29, 1.82) is 0 Å². The zero-order valence-corrected chi connectivity index (χ0v) is 8.78. The molecule has 3 aliphatic carbocycles. The van der Waals surface area contributed by atoms with Crippen molar-refractivity contribution in [2.45, 2.75) is 32.1 Å². The van der Waals surface area contributed by atoms with E-state index in [1.54, 1.807) is 0 Å². The zero-order chi connectivity index (χ0) is 10.4. The van der Waals surface area contributed by atoms with Gasteiger partial charge >= 0.3 is 6.03 Å². The molecule has 82 valence electrons. The molecule has 0 aliphatic heterocycles. The molecule has 4 atom stereocenters. The van der Waals surface area contributed by atoms with E-state index in [0.717, 1.165) is 24.2 Å². The quantitative estimate of drug-likeness (QED) is 0.628. The lowest BCUT2D eigenvalue weighted by molar-refractivity contribution is 0.249. The highest BCUT2D eigenvalue weighted by Crippen LogP contribution is 2.57. The maximum atomic E-state index is 10.6. The van der Waals surface area contributed by atoms with Crippen molar-refractivity contribution in [2.75, 3.05) is 0 Å². The summed E-state index contributed by atoms with van der Waals surface area (Å²) in [5.74, 6) is 3.31. The number of nitrogens with zero attached hydrogens (tertiary/aromatic N) is 1. The van der Waals surface area contributed by atoms with Crippen LogP contribution < -0.4 is 11.2 Å². The molecule has 4 heteroatoms. The van der Waals surface area contributed by atoms with Gasteiger partial charge < -0.3 is 5.73 Å². The topological polar surface area (TPSA) is 67.5 Å². The molecule has 0 aromatic rings. The molecule has 0 unspecified atom stereocenters. The van der Waals surface area contributed by atoms with Crippen LogP contribution in [0.15, 0.2) is 5.10 Å². The first-order valence-electron chi connectivity index (χ1n) is 5.87. The number of amides is 2. The van der Waals surface area contributed by atoms with Gasteiger partial charge in [-0.25, -0.2) is 10.2 Å². The molecule has 0 saturated heterocycles. The first-order chi connectivity index (χ1) is 7.25. The van der Waals surface area contributed by atoms with Crippen molar-refractivity contribution in [3.63, 3.8) is 0 Å². The first kappa shape index (κ1) is 9.19. The molecular weight excluding hydrogens is 190 g/mol. The third-order valence-corrected chi connectivity index (χ3v) is 4.52. The molecule has 3 saturated carbocycles. The predicted octanol–water partition coefficient (Wildman–Crippen LogP) is 1.47. The van der Waals surface area contributed by atoms with Gasteiger partial charge in [-0.3, -0.25) is 0 Å². The average Bonchev–Trinajstić information content (AvgIpc) is 2.83. The van der Waals surface area contributed by atoms with E-state index >= 15 is 0 Å². The first-order valence-corrected chi connectivity index (χ1v) is 5.87. The van der Waals surface area contributed by atoms with Crippen LogP contribution in [0, 0.1) is 23.7 Å². The van der Waals surface area contributed by atoms with E-state index in [0.29, 0.717) is 5.92 Å². The maximum absolute atomic E-state index is 10.6. The number of hydrogen-bond acceptors (Lipinski definition) is 2. The van der Waals surface area contributed by atoms with Gasteiger partial charge in [-0.2, -0.15) is 5.10 Å². The average molecular weight is 207 g/mol. The minimum Gasteiger partial charge on any atom is -0.350 e. The molecule has 4 nitrogen and oxygen atoms in total. The Morgan fingerprint density at radius 1 is 1.27 bits per heavy atom. The van der Waals surface area contributed by atoms with Gasteiger partial charge in [0.25, 0.3) is 0 Å². The van der Waals surface area contributed by atoms with Crippen LogP contribution >= 0.6 is 0 Å². The summed E-state index contributed by atoms with van der Waals surface area (Å²) in [4.78, 5) is 10.6. The van der Waals surface area contributed by atoms with Gasteiger partial charge in [-0.15, -0.1) is 0 Å². The van der Waals surface area contributed by atoms with Crippen LogP contribution in [0.1, 0.15) is 32.1 Å². The Hall–Kier alpha value is -1.06. The Balaban J connectivity index is 1.78. The second-order valence-corrected chi connectivity index (χ2v) is 5.14. The maximum Gasteiger partial charge on any atom is 0.332 e. The van der Waals surface area contributed by atoms with Crippen molar-refractivity contribution in [2.24, 2.45) is 34.5 Å². The number of urea groups is 1. The van der Waals surface area contributed by atoms with Gasteiger partial charge in [0.15, 0.2) is 0 Å². The standard InChI is InChI=1S/C11H17N3O/c12-11(15)14-13-9-5-7-2-1-6-3-4-8(9)10(6)7/h6-8,10H,1-5H2,(H3,12,14,15)/b13-9-/t6-,7+,8-,10+/m0/s1. The molecular formula is C11H17N3O. The minimum absolute atomic E-state index is 0.547. The lowest BCUT2D eigenvalue weighted by Gasteiger charge is -2.12. The summed E-state index contributed by atoms with van der Waals surface area (Å²) in [6.07, 6.45) is 6.50. The molecule has 0 heterocycles. The smallest absolute Gasteiger partial charge is 0.332 e. The van der Waals surface area contributed by atoms with Crippen molar-refractivity contribution >= 4 is 11.7 Å². The molecule has 3 N–H and O–H groups in total. The lowest BCUT2D eigenvalue weighted by Crippen LogP contribution is -2.26. The Morgan fingerprint density at radius 3 is 2.80 bits per heavy atom. The molecule has 3 fully saturated rings. The summed E-state index contributed by atoms with van der Waals surface area (Å²) in [7, 11) is 0. The summed E-state index contributed by atoms with van der Waals surface area (Å²) in [6, 6.07) is -0.547. The van der Waals surface area contributed by atoms with E-state index in [1.807, 2.05) is 0 Å². The zero-order valence-electron chi connectivity index (χ0n) is 8.78. The minimum atomic E-state index is -0.547. The van der Waals surface area contributed by atoms with E-state index in [9.17, 15) is 4.79 Å². The van der Waals surface area contributed by atoms with Gasteiger partial charge in [-0.1, -0.05) is 0 Å². The van der Waals surface area contributed by atoms with E-state index in [4.69, 9.17) is 5.73 Å². The largest absolute Gasteiger partial charge is 0.350 e. The van der Waals surface area contributed by atoms with Gasteiger partial charge in [0, 0.05) is 11.6 Å². The van der Waals surface area contributed by atoms with Crippen LogP contribution in [0.4, 0.5) is 4.79 Å². The van der Waals surface area contributed by atoms with Gasteiger partial charge in [-0.05, 0) is 49.9 Å².